The molecule has 0 amide bonds. The molecule has 1 N–H and O–H groups in total. The number of rotatable bonds is 2. The molecule has 1 aliphatic heterocycles. The summed E-state index contributed by atoms with van der Waals surface area (Å²) in [6, 6.07) is 0. The third-order valence-electron chi connectivity index (χ3n) is 3.37. The summed E-state index contributed by atoms with van der Waals surface area (Å²) in [7, 11) is 2.91. The zero-order chi connectivity index (χ0) is 11.9. The van der Waals surface area contributed by atoms with E-state index in [2.05, 4.69) is 0 Å². The lowest BCUT2D eigenvalue weighted by Gasteiger charge is -2.38. The van der Waals surface area contributed by atoms with E-state index in [1.165, 1.54) is 14.2 Å². The Balaban J connectivity index is 2.42. The van der Waals surface area contributed by atoms with E-state index in [1.807, 2.05) is 6.92 Å². The van der Waals surface area contributed by atoms with E-state index in [9.17, 15) is 9.90 Å². The maximum absolute atomic E-state index is 11.6. The normalized spacial score (nSPS) is 38.4. The first-order chi connectivity index (χ1) is 7.54. The van der Waals surface area contributed by atoms with Crippen LogP contribution in [0.1, 0.15) is 19.8 Å². The Morgan fingerprint density at radius 2 is 2.19 bits per heavy atom. The van der Waals surface area contributed by atoms with E-state index < -0.39 is 17.9 Å². The monoisotopic (exact) mass is 228 g/mol. The van der Waals surface area contributed by atoms with Crippen molar-refractivity contribution in [2.75, 3.05) is 14.2 Å². The molecule has 1 heterocycles. The van der Waals surface area contributed by atoms with Gasteiger partial charge in [-0.05, 0) is 5.92 Å². The first-order valence-corrected chi connectivity index (χ1v) is 5.28. The highest BCUT2D eigenvalue weighted by Crippen LogP contribution is 2.46. The minimum absolute atomic E-state index is 0.0210. The molecule has 0 bridgehead atoms. The molecular formula is C11H16O5. The lowest BCUT2D eigenvalue weighted by atomic mass is 9.80. The van der Waals surface area contributed by atoms with Crippen molar-refractivity contribution < 1.29 is 24.1 Å². The van der Waals surface area contributed by atoms with E-state index in [0.29, 0.717) is 18.4 Å². The second-order valence-electron chi connectivity index (χ2n) is 4.31. The fraction of sp³-hybridized carbons (Fsp3) is 0.727. The van der Waals surface area contributed by atoms with Gasteiger partial charge in [-0.1, -0.05) is 6.92 Å². The van der Waals surface area contributed by atoms with Gasteiger partial charge in [-0.25, -0.2) is 4.79 Å². The van der Waals surface area contributed by atoms with Gasteiger partial charge in [-0.3, -0.25) is 0 Å². The zero-order valence-corrected chi connectivity index (χ0v) is 9.65. The van der Waals surface area contributed by atoms with Gasteiger partial charge < -0.3 is 19.3 Å². The van der Waals surface area contributed by atoms with Crippen LogP contribution in [0, 0.1) is 5.92 Å². The molecule has 90 valence electrons. The Labute approximate surface area is 94.0 Å². The van der Waals surface area contributed by atoms with Gasteiger partial charge in [0, 0.05) is 20.0 Å². The van der Waals surface area contributed by atoms with Crippen LogP contribution in [0.2, 0.25) is 0 Å². The highest BCUT2D eigenvalue weighted by Gasteiger charge is 2.54. The van der Waals surface area contributed by atoms with E-state index in [1.54, 1.807) is 0 Å². The largest absolute Gasteiger partial charge is 0.490 e. The number of carbonyl (C=O) groups is 1. The van der Waals surface area contributed by atoms with Crippen LogP contribution in [0.3, 0.4) is 0 Å². The number of aliphatic hydroxyl groups is 1. The van der Waals surface area contributed by atoms with Crippen LogP contribution < -0.4 is 0 Å². The van der Waals surface area contributed by atoms with Crippen LogP contribution in [0.15, 0.2) is 11.3 Å². The van der Waals surface area contributed by atoms with Crippen LogP contribution in [0.5, 0.6) is 0 Å². The number of methoxy groups -OCH3 is 2. The van der Waals surface area contributed by atoms with Crippen LogP contribution in [0.4, 0.5) is 0 Å². The van der Waals surface area contributed by atoms with Crippen molar-refractivity contribution in [3.05, 3.63) is 11.3 Å². The van der Waals surface area contributed by atoms with Crippen molar-refractivity contribution in [2.45, 2.75) is 31.7 Å². The number of ether oxygens (including phenoxy) is 3. The molecular weight excluding hydrogens is 212 g/mol. The fourth-order valence-electron chi connectivity index (χ4n) is 2.39. The number of hydrogen-bond acceptors (Lipinski definition) is 5. The molecule has 3 atom stereocenters. The highest BCUT2D eigenvalue weighted by atomic mass is 16.7. The smallest absolute Gasteiger partial charge is 0.376 e. The molecule has 0 spiro atoms. The summed E-state index contributed by atoms with van der Waals surface area (Å²) in [4.78, 5) is 11.6. The first-order valence-electron chi connectivity index (χ1n) is 5.28. The predicted octanol–water partition coefficient (Wildman–Crippen LogP) is 0.577. The van der Waals surface area contributed by atoms with Gasteiger partial charge in [0.05, 0.1) is 18.8 Å². The standard InChI is InChI=1S/C11H16O5/c1-6-5-11(15-3)7(4-8(6)12)9(14-2)10(13)16-11/h6,8,12H,4-5H2,1-3H3. The maximum atomic E-state index is 11.6. The summed E-state index contributed by atoms with van der Waals surface area (Å²) in [5.41, 5.74) is 0.619. The molecule has 1 aliphatic carbocycles. The minimum Gasteiger partial charge on any atom is -0.490 e. The van der Waals surface area contributed by atoms with Crippen molar-refractivity contribution in [2.24, 2.45) is 5.92 Å². The number of hydrogen-bond donors (Lipinski definition) is 1. The molecule has 0 saturated heterocycles. The van der Waals surface area contributed by atoms with Crippen molar-refractivity contribution in [1.29, 1.82) is 0 Å². The summed E-state index contributed by atoms with van der Waals surface area (Å²) >= 11 is 0. The summed E-state index contributed by atoms with van der Waals surface area (Å²) < 4.78 is 15.6. The van der Waals surface area contributed by atoms with Gasteiger partial charge in [0.25, 0.3) is 0 Å². The van der Waals surface area contributed by atoms with Crippen LogP contribution >= 0.6 is 0 Å². The molecule has 5 heteroatoms. The zero-order valence-electron chi connectivity index (χ0n) is 9.65. The van der Waals surface area contributed by atoms with Crippen LogP contribution in [-0.4, -0.2) is 37.2 Å². The minimum atomic E-state index is -1.03. The topological polar surface area (TPSA) is 65.0 Å². The van der Waals surface area contributed by atoms with E-state index in [-0.39, 0.29) is 11.7 Å². The maximum Gasteiger partial charge on any atom is 0.376 e. The molecule has 2 aliphatic rings. The molecule has 0 aromatic rings. The Bertz CT molecular complexity index is 348. The highest BCUT2D eigenvalue weighted by molar-refractivity contribution is 5.90. The Hall–Kier alpha value is -1.07. The number of aliphatic hydroxyl groups excluding tert-OH is 1. The van der Waals surface area contributed by atoms with Gasteiger partial charge in [0.1, 0.15) is 0 Å². The third kappa shape index (κ3) is 1.43. The molecule has 16 heavy (non-hydrogen) atoms. The molecule has 2 rings (SSSR count). The van der Waals surface area contributed by atoms with Crippen molar-refractivity contribution in [3.63, 3.8) is 0 Å². The summed E-state index contributed by atoms with van der Waals surface area (Å²) in [5.74, 6) is -1.35. The second-order valence-corrected chi connectivity index (χ2v) is 4.31. The van der Waals surface area contributed by atoms with Crippen molar-refractivity contribution >= 4 is 5.97 Å². The molecule has 3 unspecified atom stereocenters. The average molecular weight is 228 g/mol. The molecule has 5 nitrogen and oxygen atoms in total. The Morgan fingerprint density at radius 3 is 2.75 bits per heavy atom. The SMILES string of the molecule is COC1=C2CC(O)C(C)CC2(OC)OC1=O. The van der Waals surface area contributed by atoms with Gasteiger partial charge in [-0.15, -0.1) is 0 Å². The number of fused-ring (bicyclic) bond motifs is 1. The van der Waals surface area contributed by atoms with Crippen LogP contribution in [-0.2, 0) is 19.0 Å². The van der Waals surface area contributed by atoms with E-state index >= 15 is 0 Å². The van der Waals surface area contributed by atoms with Crippen molar-refractivity contribution in [3.8, 4) is 0 Å². The van der Waals surface area contributed by atoms with Crippen molar-refractivity contribution in [1.82, 2.24) is 0 Å². The van der Waals surface area contributed by atoms with Gasteiger partial charge in [-0.2, -0.15) is 0 Å². The molecule has 1 saturated carbocycles. The van der Waals surface area contributed by atoms with Gasteiger partial charge in [0.2, 0.25) is 11.5 Å². The average Bonchev–Trinajstić information content (AvgIpc) is 2.51. The lowest BCUT2D eigenvalue weighted by molar-refractivity contribution is -0.209. The molecule has 0 radical (unpaired) electrons. The molecule has 1 fully saturated rings. The summed E-state index contributed by atoms with van der Waals surface area (Å²) in [6.45, 7) is 1.90. The second kappa shape index (κ2) is 3.75. The van der Waals surface area contributed by atoms with E-state index in [4.69, 9.17) is 14.2 Å². The van der Waals surface area contributed by atoms with Crippen LogP contribution in [0.25, 0.3) is 0 Å². The number of carbonyl (C=O) groups excluding carboxylic acids is 1. The Kier molecular flexibility index (Phi) is 2.67. The summed E-state index contributed by atoms with van der Waals surface area (Å²) in [5, 5.41) is 9.82. The predicted molar refractivity (Wildman–Crippen MR) is 54.3 cm³/mol. The Morgan fingerprint density at radius 1 is 1.50 bits per heavy atom. The number of esters is 1. The fourth-order valence-corrected chi connectivity index (χ4v) is 2.39. The molecule has 0 aromatic carbocycles. The van der Waals surface area contributed by atoms with Gasteiger partial charge in [0.15, 0.2) is 0 Å². The quantitative estimate of drug-likeness (QED) is 0.700. The van der Waals surface area contributed by atoms with E-state index in [0.717, 1.165) is 0 Å². The summed E-state index contributed by atoms with van der Waals surface area (Å²) in [6.07, 6.45) is 0.320. The van der Waals surface area contributed by atoms with Gasteiger partial charge >= 0.3 is 5.97 Å². The lowest BCUT2D eigenvalue weighted by Crippen LogP contribution is -2.44. The molecule has 0 aromatic heterocycles. The third-order valence-corrected chi connectivity index (χ3v) is 3.37. The first kappa shape index (κ1) is 11.4.